The number of aromatic nitrogens is 3. The van der Waals surface area contributed by atoms with Gasteiger partial charge in [0.05, 0.1) is 10.9 Å². The Morgan fingerprint density at radius 3 is 2.38 bits per heavy atom. The van der Waals surface area contributed by atoms with Crippen molar-refractivity contribution in [2.75, 3.05) is 0 Å². The summed E-state index contributed by atoms with van der Waals surface area (Å²) in [6.07, 6.45) is 2.79. The molecule has 4 aromatic rings. The molecule has 146 valence electrons. The first-order valence-electron chi connectivity index (χ1n) is 9.22. The van der Waals surface area contributed by atoms with Crippen LogP contribution in [-0.2, 0) is 19.7 Å². The summed E-state index contributed by atoms with van der Waals surface area (Å²) in [5.74, 6) is -0.134. The number of aromatic hydroxyl groups is 1. The molecule has 2 N–H and O–H groups in total. The molecule has 0 saturated carbocycles. The fourth-order valence-corrected chi connectivity index (χ4v) is 3.05. The van der Waals surface area contributed by atoms with Crippen molar-refractivity contribution in [3.63, 3.8) is 0 Å². The van der Waals surface area contributed by atoms with Crippen LogP contribution in [0.3, 0.4) is 0 Å². The van der Waals surface area contributed by atoms with E-state index in [9.17, 15) is 9.90 Å². The van der Waals surface area contributed by atoms with E-state index in [4.69, 9.17) is 4.84 Å². The molecule has 0 bridgehead atoms. The first-order chi connectivity index (χ1) is 14.2. The number of benzene rings is 2. The molecule has 7 heteroatoms. The second-order valence-electron chi connectivity index (χ2n) is 6.53. The largest absolute Gasteiger partial charge is 0.507 e. The van der Waals surface area contributed by atoms with Crippen LogP contribution in [0.1, 0.15) is 16.7 Å². The third-order valence-corrected chi connectivity index (χ3v) is 4.54. The van der Waals surface area contributed by atoms with E-state index in [2.05, 4.69) is 15.3 Å². The lowest BCUT2D eigenvalue weighted by Gasteiger charge is -2.15. The number of hydrogen-bond donors (Lipinski definition) is 2. The van der Waals surface area contributed by atoms with Gasteiger partial charge in [0.25, 0.3) is 5.56 Å². The summed E-state index contributed by atoms with van der Waals surface area (Å²) in [6.45, 7) is 0.939. The van der Waals surface area contributed by atoms with Crippen LogP contribution < -0.4 is 15.7 Å². The highest BCUT2D eigenvalue weighted by Crippen LogP contribution is 2.24. The molecule has 0 unspecified atom stereocenters. The van der Waals surface area contributed by atoms with Crippen molar-refractivity contribution < 1.29 is 9.94 Å². The lowest BCUT2D eigenvalue weighted by molar-refractivity contribution is 0.0967. The van der Waals surface area contributed by atoms with Crippen LogP contribution in [0.2, 0.25) is 0 Å². The molecule has 4 rings (SSSR count). The summed E-state index contributed by atoms with van der Waals surface area (Å²) >= 11 is 0. The normalized spacial score (nSPS) is 10.9. The fourth-order valence-electron chi connectivity index (χ4n) is 3.05. The van der Waals surface area contributed by atoms with Gasteiger partial charge in [0.2, 0.25) is 0 Å². The number of nitrogens with zero attached hydrogens (tertiary/aromatic N) is 3. The first kappa shape index (κ1) is 18.6. The quantitative estimate of drug-likeness (QED) is 0.505. The highest BCUT2D eigenvalue weighted by Gasteiger charge is 2.18. The first-order valence-corrected chi connectivity index (χ1v) is 9.22. The summed E-state index contributed by atoms with van der Waals surface area (Å²) in [6, 6.07) is 19.4. The molecule has 0 atom stereocenters. The molecule has 0 aliphatic heterocycles. The second kappa shape index (κ2) is 8.53. The van der Waals surface area contributed by atoms with Crippen LogP contribution in [0.15, 0.2) is 78.0 Å². The zero-order valence-corrected chi connectivity index (χ0v) is 15.7. The molecule has 7 nitrogen and oxygen atoms in total. The van der Waals surface area contributed by atoms with Crippen molar-refractivity contribution in [3.8, 4) is 5.75 Å². The summed E-state index contributed by atoms with van der Waals surface area (Å²) in [7, 11) is 0. The van der Waals surface area contributed by atoms with Crippen LogP contribution in [0, 0.1) is 0 Å². The number of nitrogens with one attached hydrogen (secondary N) is 1. The monoisotopic (exact) mass is 388 g/mol. The maximum absolute atomic E-state index is 13.0. The van der Waals surface area contributed by atoms with E-state index in [1.165, 1.54) is 12.5 Å². The minimum atomic E-state index is -0.454. The van der Waals surface area contributed by atoms with Gasteiger partial charge in [-0.2, -0.15) is 0 Å². The van der Waals surface area contributed by atoms with Gasteiger partial charge in [0, 0.05) is 19.3 Å². The minimum absolute atomic E-state index is 0.134. The third kappa shape index (κ3) is 4.09. The fraction of sp³-hybridized carbons (Fsp3) is 0.136. The zero-order valence-electron chi connectivity index (χ0n) is 15.7. The maximum Gasteiger partial charge on any atom is 0.293 e. The number of hydrogen-bond acceptors (Lipinski definition) is 6. The van der Waals surface area contributed by atoms with Gasteiger partial charge in [0.1, 0.15) is 18.7 Å². The number of pyridine rings is 1. The van der Waals surface area contributed by atoms with Gasteiger partial charge in [-0.1, -0.05) is 60.7 Å². The van der Waals surface area contributed by atoms with Crippen molar-refractivity contribution >= 4 is 11.0 Å². The Morgan fingerprint density at radius 2 is 1.66 bits per heavy atom. The molecule has 29 heavy (non-hydrogen) atoms. The van der Waals surface area contributed by atoms with E-state index in [1.807, 2.05) is 60.7 Å². The smallest absolute Gasteiger partial charge is 0.293 e. The van der Waals surface area contributed by atoms with Gasteiger partial charge < -0.3 is 15.3 Å². The van der Waals surface area contributed by atoms with Gasteiger partial charge in [-0.15, -0.1) is 4.73 Å². The predicted octanol–water partition coefficient (Wildman–Crippen LogP) is 2.42. The van der Waals surface area contributed by atoms with E-state index >= 15 is 0 Å². The van der Waals surface area contributed by atoms with Crippen LogP contribution >= 0.6 is 0 Å². The van der Waals surface area contributed by atoms with Crippen LogP contribution in [0.25, 0.3) is 11.0 Å². The summed E-state index contributed by atoms with van der Waals surface area (Å²) in [4.78, 5) is 26.9. The summed E-state index contributed by atoms with van der Waals surface area (Å²) in [5, 5.41) is 14.2. The average molecular weight is 388 g/mol. The Morgan fingerprint density at radius 1 is 0.966 bits per heavy atom. The molecule has 2 heterocycles. The Kier molecular flexibility index (Phi) is 5.49. The van der Waals surface area contributed by atoms with Gasteiger partial charge in [-0.05, 0) is 11.1 Å². The Balaban J connectivity index is 1.64. The Bertz CT molecular complexity index is 1160. The Hall–Kier alpha value is -3.71. The highest BCUT2D eigenvalue weighted by atomic mass is 16.7. The lowest BCUT2D eigenvalue weighted by atomic mass is 10.2. The summed E-state index contributed by atoms with van der Waals surface area (Å²) in [5.41, 5.74) is 1.97. The van der Waals surface area contributed by atoms with Gasteiger partial charge in [0.15, 0.2) is 5.65 Å². The van der Waals surface area contributed by atoms with Gasteiger partial charge in [-0.3, -0.25) is 4.79 Å². The van der Waals surface area contributed by atoms with E-state index in [0.717, 1.165) is 15.9 Å². The van der Waals surface area contributed by atoms with E-state index in [0.29, 0.717) is 11.9 Å². The van der Waals surface area contributed by atoms with Crippen LogP contribution in [0.5, 0.6) is 5.75 Å². The molecular weight excluding hydrogens is 368 g/mol. The zero-order chi connectivity index (χ0) is 20.1. The van der Waals surface area contributed by atoms with Crippen molar-refractivity contribution in [1.82, 2.24) is 20.0 Å². The van der Waals surface area contributed by atoms with E-state index in [1.54, 1.807) is 0 Å². The van der Waals surface area contributed by atoms with E-state index in [-0.39, 0.29) is 30.1 Å². The molecule has 0 aliphatic rings. The Labute approximate surface area is 167 Å². The van der Waals surface area contributed by atoms with Crippen molar-refractivity contribution in [1.29, 1.82) is 0 Å². The maximum atomic E-state index is 13.0. The summed E-state index contributed by atoms with van der Waals surface area (Å²) < 4.78 is 1.13. The molecule has 0 spiro atoms. The molecule has 0 fully saturated rings. The highest BCUT2D eigenvalue weighted by molar-refractivity contribution is 5.82. The standard InChI is InChI=1S/C22H20N4O3/c27-20-18-12-24-15-25-21(18)26(29-14-17-9-5-2-6-10-17)22(28)19(20)13-23-11-16-7-3-1-4-8-16/h1-10,12,15,23,27H,11,13-14H2. The number of rotatable bonds is 7. The van der Waals surface area contributed by atoms with E-state index < -0.39 is 5.56 Å². The SMILES string of the molecule is O=c1c(CNCc2ccccc2)c(O)c2cncnc2n1OCc1ccccc1. The predicted molar refractivity (Wildman–Crippen MR) is 109 cm³/mol. The van der Waals surface area contributed by atoms with Crippen molar-refractivity contribution in [3.05, 3.63) is 100 Å². The molecule has 0 amide bonds. The minimum Gasteiger partial charge on any atom is -0.507 e. The molecule has 2 aromatic carbocycles. The average Bonchev–Trinajstić information content (AvgIpc) is 2.77. The number of fused-ring (bicyclic) bond motifs is 1. The van der Waals surface area contributed by atoms with Gasteiger partial charge >= 0.3 is 0 Å². The topological polar surface area (TPSA) is 89.3 Å². The van der Waals surface area contributed by atoms with Crippen molar-refractivity contribution in [2.45, 2.75) is 19.7 Å². The molecular formula is C22H20N4O3. The van der Waals surface area contributed by atoms with Crippen LogP contribution in [0.4, 0.5) is 0 Å². The molecule has 0 saturated heterocycles. The second-order valence-corrected chi connectivity index (χ2v) is 6.53. The lowest BCUT2D eigenvalue weighted by Crippen LogP contribution is -2.32. The molecule has 0 aliphatic carbocycles. The van der Waals surface area contributed by atoms with Crippen molar-refractivity contribution in [2.24, 2.45) is 0 Å². The third-order valence-electron chi connectivity index (χ3n) is 4.54. The molecule has 0 radical (unpaired) electrons. The van der Waals surface area contributed by atoms with Crippen LogP contribution in [-0.4, -0.2) is 19.8 Å². The molecule has 2 aromatic heterocycles. The van der Waals surface area contributed by atoms with Gasteiger partial charge in [-0.25, -0.2) is 9.97 Å².